The van der Waals surface area contributed by atoms with Crippen LogP contribution in [0.4, 0.5) is 5.69 Å². The summed E-state index contributed by atoms with van der Waals surface area (Å²) < 4.78 is 31.8. The van der Waals surface area contributed by atoms with Crippen molar-refractivity contribution < 1.29 is 22.7 Å². The van der Waals surface area contributed by atoms with Gasteiger partial charge in [-0.15, -0.1) is 0 Å². The average Bonchev–Trinajstić information content (AvgIpc) is 2.85. The smallest absolute Gasteiger partial charge is 0.244 e. The molecule has 0 aromatic heterocycles. The summed E-state index contributed by atoms with van der Waals surface area (Å²) in [5.41, 5.74) is 2.27. The predicted molar refractivity (Wildman–Crippen MR) is 148 cm³/mol. The van der Waals surface area contributed by atoms with E-state index >= 15 is 0 Å². The van der Waals surface area contributed by atoms with E-state index in [-0.39, 0.29) is 24.3 Å². The summed E-state index contributed by atoms with van der Waals surface area (Å²) in [5.74, 6) is 0.501. The molecule has 2 amide bonds. The number of ether oxygens (including phenoxy) is 1. The van der Waals surface area contributed by atoms with Gasteiger partial charge in [0.1, 0.15) is 18.3 Å². The third-order valence-electron chi connectivity index (χ3n) is 6.11. The van der Waals surface area contributed by atoms with E-state index in [1.54, 1.807) is 31.4 Å². The number of hydrogen-bond acceptors (Lipinski definition) is 5. The molecule has 8 nitrogen and oxygen atoms in total. The molecule has 0 aliphatic carbocycles. The Labute approximate surface area is 222 Å². The number of amides is 2. The van der Waals surface area contributed by atoms with Crippen molar-refractivity contribution in [1.29, 1.82) is 0 Å². The molecule has 1 atom stereocenters. The second-order valence-electron chi connectivity index (χ2n) is 9.95. The van der Waals surface area contributed by atoms with E-state index < -0.39 is 28.5 Å². The van der Waals surface area contributed by atoms with Crippen molar-refractivity contribution in [3.05, 3.63) is 59.7 Å². The fourth-order valence-electron chi connectivity index (χ4n) is 3.91. The Hall–Kier alpha value is -3.07. The summed E-state index contributed by atoms with van der Waals surface area (Å²) in [4.78, 5) is 28.3. The standard InChI is InChI=1S/C28H41N3O5S/c1-8-26(28(33)29-17-20(2)3)30(18-22-9-15-25(36-6)16-10-22)27(32)19-31(37(7,34)35)24-13-11-23(12-14-24)21(4)5/h9-16,20-21,26H,8,17-19H2,1-7H3,(H,29,33)/t26-/m1/s1. The monoisotopic (exact) mass is 531 g/mol. The first-order valence-electron chi connectivity index (χ1n) is 12.6. The number of carbonyl (C=O) groups is 2. The van der Waals surface area contributed by atoms with E-state index in [9.17, 15) is 18.0 Å². The number of carbonyl (C=O) groups excluding carboxylic acids is 2. The van der Waals surface area contributed by atoms with Crippen LogP contribution in [0.3, 0.4) is 0 Å². The van der Waals surface area contributed by atoms with E-state index in [0.717, 1.165) is 21.7 Å². The number of methoxy groups -OCH3 is 1. The number of rotatable bonds is 13. The zero-order valence-electron chi connectivity index (χ0n) is 23.0. The van der Waals surface area contributed by atoms with Crippen LogP contribution in [0.15, 0.2) is 48.5 Å². The van der Waals surface area contributed by atoms with Crippen molar-refractivity contribution in [2.45, 2.75) is 59.5 Å². The summed E-state index contributed by atoms with van der Waals surface area (Å²) in [6.45, 7) is 10.2. The number of hydrogen-bond donors (Lipinski definition) is 1. The van der Waals surface area contributed by atoms with Crippen LogP contribution in [0.25, 0.3) is 0 Å². The number of nitrogens with zero attached hydrogens (tertiary/aromatic N) is 2. The van der Waals surface area contributed by atoms with E-state index in [2.05, 4.69) is 19.2 Å². The van der Waals surface area contributed by atoms with Gasteiger partial charge in [0.2, 0.25) is 21.8 Å². The molecule has 2 aromatic rings. The highest BCUT2D eigenvalue weighted by atomic mass is 32.2. The molecule has 0 fully saturated rings. The summed E-state index contributed by atoms with van der Waals surface area (Å²) in [5, 5.41) is 2.92. The minimum Gasteiger partial charge on any atom is -0.497 e. The van der Waals surface area contributed by atoms with Gasteiger partial charge in [0.15, 0.2) is 0 Å². The Morgan fingerprint density at radius 3 is 2.03 bits per heavy atom. The molecule has 37 heavy (non-hydrogen) atoms. The summed E-state index contributed by atoms with van der Waals surface area (Å²) >= 11 is 0. The summed E-state index contributed by atoms with van der Waals surface area (Å²) in [6.07, 6.45) is 1.46. The van der Waals surface area contributed by atoms with Crippen molar-refractivity contribution >= 4 is 27.5 Å². The molecule has 0 unspecified atom stereocenters. The normalized spacial score (nSPS) is 12.4. The van der Waals surface area contributed by atoms with Crippen molar-refractivity contribution in [3.8, 4) is 5.75 Å². The molecule has 0 aliphatic rings. The molecule has 0 aliphatic heterocycles. The van der Waals surface area contributed by atoms with Crippen LogP contribution in [0.2, 0.25) is 0 Å². The SMILES string of the molecule is CC[C@H](C(=O)NCC(C)C)N(Cc1ccc(OC)cc1)C(=O)CN(c1ccc(C(C)C)cc1)S(C)(=O)=O. The van der Waals surface area contributed by atoms with Crippen LogP contribution in [0.1, 0.15) is 58.1 Å². The molecule has 0 bridgehead atoms. The topological polar surface area (TPSA) is 96.0 Å². The molecule has 2 rings (SSSR count). The first-order chi connectivity index (χ1) is 17.4. The van der Waals surface area contributed by atoms with Crippen molar-refractivity contribution in [2.24, 2.45) is 5.92 Å². The van der Waals surface area contributed by atoms with Gasteiger partial charge in [-0.1, -0.05) is 58.9 Å². The fourth-order valence-corrected chi connectivity index (χ4v) is 4.76. The van der Waals surface area contributed by atoms with Gasteiger partial charge in [-0.3, -0.25) is 13.9 Å². The van der Waals surface area contributed by atoms with Crippen molar-refractivity contribution in [3.63, 3.8) is 0 Å². The Bertz CT molecular complexity index is 1130. The molecule has 0 radical (unpaired) electrons. The van der Waals surface area contributed by atoms with Gasteiger partial charge in [-0.05, 0) is 53.6 Å². The van der Waals surface area contributed by atoms with Gasteiger partial charge in [-0.2, -0.15) is 0 Å². The first-order valence-corrected chi connectivity index (χ1v) is 14.5. The van der Waals surface area contributed by atoms with Crippen LogP contribution >= 0.6 is 0 Å². The van der Waals surface area contributed by atoms with Crippen LogP contribution in [-0.4, -0.2) is 57.6 Å². The van der Waals surface area contributed by atoms with Crippen molar-refractivity contribution in [2.75, 3.05) is 30.8 Å². The van der Waals surface area contributed by atoms with Gasteiger partial charge < -0.3 is 15.0 Å². The van der Waals surface area contributed by atoms with E-state index in [4.69, 9.17) is 4.74 Å². The van der Waals surface area contributed by atoms with Crippen LogP contribution in [-0.2, 0) is 26.2 Å². The lowest BCUT2D eigenvalue weighted by Crippen LogP contribution is -2.52. The van der Waals surface area contributed by atoms with Gasteiger partial charge in [0.25, 0.3) is 0 Å². The zero-order chi connectivity index (χ0) is 27.8. The quantitative estimate of drug-likeness (QED) is 0.419. The molecule has 0 saturated heterocycles. The Kier molecular flexibility index (Phi) is 11.0. The predicted octanol–water partition coefficient (Wildman–Crippen LogP) is 4.16. The molecule has 204 valence electrons. The van der Waals surface area contributed by atoms with E-state index in [0.29, 0.717) is 24.4 Å². The molecule has 0 spiro atoms. The molecular weight excluding hydrogens is 490 g/mol. The number of benzene rings is 2. The molecule has 0 heterocycles. The summed E-state index contributed by atoms with van der Waals surface area (Å²) in [6, 6.07) is 13.6. The first kappa shape index (κ1) is 30.2. The van der Waals surface area contributed by atoms with E-state index in [1.807, 2.05) is 45.0 Å². The maximum atomic E-state index is 13.7. The third kappa shape index (κ3) is 8.77. The maximum Gasteiger partial charge on any atom is 0.244 e. The highest BCUT2D eigenvalue weighted by molar-refractivity contribution is 7.92. The van der Waals surface area contributed by atoms with Crippen LogP contribution in [0, 0.1) is 5.92 Å². The minimum absolute atomic E-state index is 0.153. The molecule has 0 saturated carbocycles. The molecule has 9 heteroatoms. The fraction of sp³-hybridized carbons (Fsp3) is 0.500. The lowest BCUT2D eigenvalue weighted by Gasteiger charge is -2.33. The largest absolute Gasteiger partial charge is 0.497 e. The highest BCUT2D eigenvalue weighted by Crippen LogP contribution is 2.23. The van der Waals surface area contributed by atoms with E-state index in [1.165, 1.54) is 4.90 Å². The third-order valence-corrected chi connectivity index (χ3v) is 7.25. The Morgan fingerprint density at radius 2 is 1.57 bits per heavy atom. The Balaban J connectivity index is 2.41. The van der Waals surface area contributed by atoms with Gasteiger partial charge >= 0.3 is 0 Å². The lowest BCUT2D eigenvalue weighted by molar-refractivity contribution is -0.140. The number of nitrogens with one attached hydrogen (secondary N) is 1. The number of sulfonamides is 1. The molecule has 1 N–H and O–H groups in total. The van der Waals surface area contributed by atoms with Gasteiger partial charge in [-0.25, -0.2) is 8.42 Å². The highest BCUT2D eigenvalue weighted by Gasteiger charge is 2.31. The zero-order valence-corrected chi connectivity index (χ0v) is 23.8. The van der Waals surface area contributed by atoms with Crippen LogP contribution < -0.4 is 14.4 Å². The maximum absolute atomic E-state index is 13.7. The lowest BCUT2D eigenvalue weighted by atomic mass is 10.0. The molecule has 2 aromatic carbocycles. The second-order valence-corrected chi connectivity index (χ2v) is 11.9. The Morgan fingerprint density at radius 1 is 0.973 bits per heavy atom. The number of anilines is 1. The average molecular weight is 532 g/mol. The van der Waals surface area contributed by atoms with Gasteiger partial charge in [0.05, 0.1) is 19.1 Å². The van der Waals surface area contributed by atoms with Crippen LogP contribution in [0.5, 0.6) is 5.75 Å². The summed E-state index contributed by atoms with van der Waals surface area (Å²) in [7, 11) is -2.19. The molecular formula is C28H41N3O5S. The van der Waals surface area contributed by atoms with Gasteiger partial charge in [0, 0.05) is 13.1 Å². The second kappa shape index (κ2) is 13.5. The minimum atomic E-state index is -3.77. The van der Waals surface area contributed by atoms with Crippen molar-refractivity contribution in [1.82, 2.24) is 10.2 Å².